The van der Waals surface area contributed by atoms with E-state index in [0.717, 1.165) is 0 Å². The summed E-state index contributed by atoms with van der Waals surface area (Å²) in [6.07, 6.45) is 1.17. The van der Waals surface area contributed by atoms with E-state index in [2.05, 4.69) is 16.2 Å². The second-order valence-corrected chi connectivity index (χ2v) is 1.22. The van der Waals surface area contributed by atoms with Gasteiger partial charge in [-0.3, -0.25) is 0 Å². The summed E-state index contributed by atoms with van der Waals surface area (Å²) < 4.78 is 0. The summed E-state index contributed by atoms with van der Waals surface area (Å²) in [4.78, 5) is 0. The molecule has 0 aliphatic heterocycles. The minimum Gasteiger partial charge on any atom is -0.138 e. The van der Waals surface area contributed by atoms with Crippen LogP contribution in [0.1, 0.15) is 6.92 Å². The molecule has 0 bridgehead atoms. The maximum absolute atomic E-state index is 2.58. The van der Waals surface area contributed by atoms with Gasteiger partial charge in [0, 0.05) is 19.5 Å². The predicted molar refractivity (Wildman–Crippen MR) is 35.7 cm³/mol. The van der Waals surface area contributed by atoms with E-state index >= 15 is 0 Å². The van der Waals surface area contributed by atoms with Gasteiger partial charge in [0.25, 0.3) is 0 Å². The summed E-state index contributed by atoms with van der Waals surface area (Å²) in [5, 5.41) is 0. The zero-order chi connectivity index (χ0) is 2.71. The zero-order valence-corrected chi connectivity index (χ0v) is 9.85. The summed E-state index contributed by atoms with van der Waals surface area (Å²) >= 11 is 0. The number of halogens is 1. The van der Waals surface area contributed by atoms with E-state index in [4.69, 9.17) is 0 Å². The summed E-state index contributed by atoms with van der Waals surface area (Å²) in [6.45, 7) is 2.09. The monoisotopic (exact) mass is 254 g/mol. The van der Waals surface area contributed by atoms with Crippen molar-refractivity contribution in [3.8, 4) is 0 Å². The van der Waals surface area contributed by atoms with Gasteiger partial charge in [-0.2, -0.15) is 0 Å². The van der Waals surface area contributed by atoms with E-state index in [0.29, 0.717) is 0 Å². The van der Waals surface area contributed by atoms with Crippen LogP contribution in [0.2, 0.25) is 0 Å². The predicted octanol–water partition coefficient (Wildman–Crippen LogP) is 1.50. The van der Waals surface area contributed by atoms with Gasteiger partial charge in [0.1, 0.15) is 0 Å². The van der Waals surface area contributed by atoms with Crippen molar-refractivity contribution in [3.05, 3.63) is 0 Å². The van der Waals surface area contributed by atoms with E-state index in [1.807, 2.05) is 0 Å². The Hall–Kier alpha value is 1.78. The summed E-state index contributed by atoms with van der Waals surface area (Å²) in [7, 11) is 2.58. The molecule has 0 N–H and O–H groups in total. The van der Waals surface area contributed by atoms with Gasteiger partial charge in [-0.15, -0.1) is 33.2 Å². The third kappa shape index (κ3) is 26.0. The van der Waals surface area contributed by atoms with E-state index in [9.17, 15) is 0 Å². The quantitative estimate of drug-likeness (QED) is 0.349. The molecule has 1 unspecified atom stereocenters. The SMILES string of the molecule is CCP.I.[Zn]. The van der Waals surface area contributed by atoms with Gasteiger partial charge in [0.05, 0.1) is 0 Å². The van der Waals surface area contributed by atoms with Crippen molar-refractivity contribution in [2.45, 2.75) is 6.92 Å². The van der Waals surface area contributed by atoms with Gasteiger partial charge in [-0.05, 0) is 6.16 Å². The van der Waals surface area contributed by atoms with Crippen LogP contribution < -0.4 is 0 Å². The largest absolute Gasteiger partial charge is 0.138 e. The van der Waals surface area contributed by atoms with E-state index < -0.39 is 0 Å². The molecule has 0 heterocycles. The molecule has 0 aliphatic carbocycles. The van der Waals surface area contributed by atoms with Gasteiger partial charge >= 0.3 is 0 Å². The Morgan fingerprint density at radius 1 is 1.60 bits per heavy atom. The summed E-state index contributed by atoms with van der Waals surface area (Å²) in [5.74, 6) is 0. The van der Waals surface area contributed by atoms with Gasteiger partial charge in [0.15, 0.2) is 0 Å². The molecule has 0 rings (SSSR count). The Balaban J connectivity index is -0.0000000200. The second-order valence-electron chi connectivity index (χ2n) is 0.408. The van der Waals surface area contributed by atoms with Crippen molar-refractivity contribution in [3.63, 3.8) is 0 Å². The topological polar surface area (TPSA) is 0 Å². The molecule has 0 radical (unpaired) electrons. The first-order chi connectivity index (χ1) is 1.41. The molecule has 30 valence electrons. The molecule has 0 fully saturated rings. The van der Waals surface area contributed by atoms with Crippen LogP contribution in [-0.2, 0) is 19.5 Å². The van der Waals surface area contributed by atoms with Crippen LogP contribution in [0.15, 0.2) is 0 Å². The summed E-state index contributed by atoms with van der Waals surface area (Å²) in [5.41, 5.74) is 0. The number of hydrogen-bond acceptors (Lipinski definition) is 0. The minimum atomic E-state index is 0. The molecule has 5 heavy (non-hydrogen) atoms. The molecular weight excluding hydrogens is 247 g/mol. The smallest absolute Gasteiger partial charge is 0 e. The fraction of sp³-hybridized carbons (Fsp3) is 1.00. The maximum atomic E-state index is 2.58. The fourth-order valence-corrected chi connectivity index (χ4v) is 0. The molecule has 0 spiro atoms. The van der Waals surface area contributed by atoms with Crippen LogP contribution >= 0.6 is 33.2 Å². The molecule has 0 aromatic heterocycles. The molecule has 0 aliphatic rings. The van der Waals surface area contributed by atoms with Gasteiger partial charge < -0.3 is 0 Å². The first-order valence-corrected chi connectivity index (χ1v) is 1.93. The number of rotatable bonds is 0. The Kier molecular flexibility index (Phi) is 54.1. The summed E-state index contributed by atoms with van der Waals surface area (Å²) in [6, 6.07) is 0. The van der Waals surface area contributed by atoms with Crippen LogP contribution in [0.4, 0.5) is 0 Å². The van der Waals surface area contributed by atoms with E-state index in [1.54, 1.807) is 0 Å². The molecular formula is C2H8IPZn. The first kappa shape index (κ1) is 15.9. The molecule has 0 amide bonds. The van der Waals surface area contributed by atoms with E-state index in [1.165, 1.54) is 6.16 Å². The average Bonchev–Trinajstić information content (AvgIpc) is 0.918. The van der Waals surface area contributed by atoms with Crippen LogP contribution in [0.3, 0.4) is 0 Å². The van der Waals surface area contributed by atoms with Gasteiger partial charge in [-0.25, -0.2) is 0 Å². The Morgan fingerprint density at radius 2 is 1.60 bits per heavy atom. The van der Waals surface area contributed by atoms with Gasteiger partial charge in [-0.1, -0.05) is 6.92 Å². The van der Waals surface area contributed by atoms with Crippen molar-refractivity contribution in [1.29, 1.82) is 0 Å². The normalized spacial score (nSPS) is 3.60. The van der Waals surface area contributed by atoms with Crippen molar-refractivity contribution < 1.29 is 19.5 Å². The molecule has 3 heteroatoms. The Bertz CT molecular complexity index is 9.61. The standard InChI is InChI=1S/C2H7P.HI.Zn/c1-2-3;;/h2-3H2,1H3;1H;. The van der Waals surface area contributed by atoms with E-state index in [-0.39, 0.29) is 43.5 Å². The molecule has 1 atom stereocenters. The molecule has 0 saturated carbocycles. The Morgan fingerprint density at radius 3 is 1.60 bits per heavy atom. The average molecular weight is 255 g/mol. The fourth-order valence-electron chi connectivity index (χ4n) is 0. The Labute approximate surface area is 65.5 Å². The van der Waals surface area contributed by atoms with Crippen LogP contribution in [0.5, 0.6) is 0 Å². The van der Waals surface area contributed by atoms with Crippen LogP contribution in [0.25, 0.3) is 0 Å². The third-order valence-corrected chi connectivity index (χ3v) is 0. The zero-order valence-electron chi connectivity index (χ0n) is 3.40. The van der Waals surface area contributed by atoms with Crippen LogP contribution in [0, 0.1) is 0 Å². The van der Waals surface area contributed by atoms with Crippen LogP contribution in [-0.4, -0.2) is 6.16 Å². The van der Waals surface area contributed by atoms with Crippen molar-refractivity contribution in [2.75, 3.05) is 6.16 Å². The minimum absolute atomic E-state index is 0. The molecule has 0 aromatic rings. The van der Waals surface area contributed by atoms with Crippen molar-refractivity contribution >= 4 is 33.2 Å². The molecule has 0 saturated heterocycles. The van der Waals surface area contributed by atoms with Crippen molar-refractivity contribution in [2.24, 2.45) is 0 Å². The van der Waals surface area contributed by atoms with Crippen molar-refractivity contribution in [1.82, 2.24) is 0 Å². The molecule has 0 aromatic carbocycles. The molecule has 0 nitrogen and oxygen atoms in total. The second kappa shape index (κ2) is 17.1. The first-order valence-electron chi connectivity index (χ1n) is 1.12. The van der Waals surface area contributed by atoms with Gasteiger partial charge in [0.2, 0.25) is 0 Å². The number of hydrogen-bond donors (Lipinski definition) is 0. The maximum Gasteiger partial charge on any atom is 0 e. The third-order valence-electron chi connectivity index (χ3n) is 0.